The first kappa shape index (κ1) is 25.0. The van der Waals surface area contributed by atoms with Crippen LogP contribution >= 0.6 is 11.6 Å². The highest BCUT2D eigenvalue weighted by Gasteiger charge is 2.43. The quantitative estimate of drug-likeness (QED) is 0.330. The number of ether oxygens (including phenoxy) is 1. The molecule has 0 spiro atoms. The summed E-state index contributed by atoms with van der Waals surface area (Å²) in [5.74, 6) is 0.253. The number of rotatable bonds is 5. The number of halogens is 1. The fourth-order valence-electron chi connectivity index (χ4n) is 5.33. The van der Waals surface area contributed by atoms with Crippen molar-refractivity contribution in [2.75, 3.05) is 12.0 Å². The first-order chi connectivity index (χ1) is 17.7. The van der Waals surface area contributed by atoms with Gasteiger partial charge in [0.15, 0.2) is 11.6 Å². The van der Waals surface area contributed by atoms with Gasteiger partial charge < -0.3 is 9.64 Å². The lowest BCUT2D eigenvalue weighted by Crippen LogP contribution is -2.38. The van der Waals surface area contributed by atoms with Gasteiger partial charge in [-0.1, -0.05) is 67.4 Å². The molecule has 1 aliphatic carbocycles. The van der Waals surface area contributed by atoms with Crippen LogP contribution in [0.1, 0.15) is 54.1 Å². The molecule has 0 aromatic heterocycles. The molecule has 1 aliphatic heterocycles. The minimum absolute atomic E-state index is 0.0759. The van der Waals surface area contributed by atoms with Crippen molar-refractivity contribution in [1.29, 1.82) is 0 Å². The first-order valence-corrected chi connectivity index (χ1v) is 12.8. The van der Waals surface area contributed by atoms with E-state index in [1.165, 1.54) is 0 Å². The van der Waals surface area contributed by atoms with Crippen LogP contribution in [0.15, 0.2) is 95.8 Å². The summed E-state index contributed by atoms with van der Waals surface area (Å²) in [7, 11) is 1.63. The Kier molecular flexibility index (Phi) is 6.55. The van der Waals surface area contributed by atoms with Crippen LogP contribution in [0.2, 0.25) is 5.02 Å². The molecule has 1 atom stereocenters. The largest absolute Gasteiger partial charge is 0.497 e. The Hall–Kier alpha value is -3.63. The van der Waals surface area contributed by atoms with E-state index in [9.17, 15) is 9.59 Å². The maximum Gasteiger partial charge on any atom is 0.191 e. The molecule has 0 saturated carbocycles. The van der Waals surface area contributed by atoms with Crippen molar-refractivity contribution in [2.45, 2.75) is 39.5 Å². The maximum absolute atomic E-state index is 14.1. The maximum atomic E-state index is 14.1. The van der Waals surface area contributed by atoms with Gasteiger partial charge in [-0.3, -0.25) is 9.59 Å². The molecule has 1 heterocycles. The van der Waals surface area contributed by atoms with Gasteiger partial charge >= 0.3 is 0 Å². The van der Waals surface area contributed by atoms with E-state index in [0.29, 0.717) is 34.6 Å². The number of carbonyl (C=O) groups excluding carboxylic acids is 2. The summed E-state index contributed by atoms with van der Waals surface area (Å²) < 4.78 is 5.36. The molecule has 188 valence electrons. The van der Waals surface area contributed by atoms with Gasteiger partial charge in [-0.05, 0) is 60.7 Å². The zero-order valence-electron chi connectivity index (χ0n) is 21.5. The van der Waals surface area contributed by atoms with Crippen LogP contribution < -0.4 is 9.64 Å². The van der Waals surface area contributed by atoms with E-state index < -0.39 is 5.92 Å². The normalized spacial score (nSPS) is 18.8. The Morgan fingerprint density at radius 3 is 2.22 bits per heavy atom. The fraction of sp³-hybridized carbons (Fsp3) is 0.250. The van der Waals surface area contributed by atoms with Crippen molar-refractivity contribution in [1.82, 2.24) is 0 Å². The highest BCUT2D eigenvalue weighted by molar-refractivity contribution is 6.30. The monoisotopic (exact) mass is 511 g/mol. The predicted octanol–water partition coefficient (Wildman–Crippen LogP) is 7.67. The third-order valence-corrected chi connectivity index (χ3v) is 7.44. The van der Waals surface area contributed by atoms with Crippen LogP contribution in [0.25, 0.3) is 0 Å². The lowest BCUT2D eigenvalue weighted by Gasteiger charge is -2.43. The summed E-state index contributed by atoms with van der Waals surface area (Å²) >= 11 is 6.21. The van der Waals surface area contributed by atoms with Crippen molar-refractivity contribution in [2.24, 2.45) is 5.41 Å². The van der Waals surface area contributed by atoms with E-state index in [1.54, 1.807) is 7.11 Å². The van der Waals surface area contributed by atoms with E-state index in [-0.39, 0.29) is 17.0 Å². The molecule has 1 unspecified atom stereocenters. The van der Waals surface area contributed by atoms with Gasteiger partial charge in [0.1, 0.15) is 5.75 Å². The van der Waals surface area contributed by atoms with Crippen molar-refractivity contribution in [3.8, 4) is 5.75 Å². The number of nitrogens with zero attached hydrogens (tertiary/aromatic N) is 1. The Balaban J connectivity index is 1.74. The smallest absolute Gasteiger partial charge is 0.191 e. The minimum atomic E-state index is -0.473. The van der Waals surface area contributed by atoms with E-state index in [0.717, 1.165) is 28.3 Å². The molecule has 4 nitrogen and oxygen atoms in total. The Bertz CT molecular complexity index is 1410. The number of anilines is 1. The van der Waals surface area contributed by atoms with Gasteiger partial charge in [0.2, 0.25) is 0 Å². The number of Topliss-reactive ketones (excluding diaryl/α,β-unsaturated/α-hetero) is 2. The molecule has 0 N–H and O–H groups in total. The van der Waals surface area contributed by atoms with Crippen LogP contribution in [-0.4, -0.2) is 18.7 Å². The van der Waals surface area contributed by atoms with Crippen molar-refractivity contribution in [3.63, 3.8) is 0 Å². The number of benzene rings is 3. The molecule has 0 fully saturated rings. The lowest BCUT2D eigenvalue weighted by atomic mass is 9.68. The Morgan fingerprint density at radius 2 is 1.59 bits per heavy atom. The molecule has 0 saturated heterocycles. The molecule has 2 aliphatic rings. The molecule has 5 heteroatoms. The van der Waals surface area contributed by atoms with Crippen molar-refractivity contribution < 1.29 is 14.3 Å². The summed E-state index contributed by atoms with van der Waals surface area (Å²) in [5, 5.41) is 0.611. The minimum Gasteiger partial charge on any atom is -0.497 e. The van der Waals surface area contributed by atoms with E-state index in [4.69, 9.17) is 16.3 Å². The number of carbonyl (C=O) groups is 2. The summed E-state index contributed by atoms with van der Waals surface area (Å²) in [4.78, 5) is 30.0. The zero-order chi connectivity index (χ0) is 26.3. The second kappa shape index (κ2) is 9.68. The average Bonchev–Trinajstić information content (AvgIpc) is 2.88. The number of aryl methyl sites for hydroxylation is 1. The van der Waals surface area contributed by atoms with E-state index in [1.807, 2.05) is 90.8 Å². The van der Waals surface area contributed by atoms with Crippen LogP contribution in [-0.2, 0) is 4.79 Å². The van der Waals surface area contributed by atoms with Crippen LogP contribution in [0.5, 0.6) is 5.75 Å². The first-order valence-electron chi connectivity index (χ1n) is 12.4. The predicted molar refractivity (Wildman–Crippen MR) is 148 cm³/mol. The second-order valence-corrected chi connectivity index (χ2v) is 11.1. The number of methoxy groups -OCH3 is 1. The molecule has 3 aromatic carbocycles. The number of hydrogen-bond donors (Lipinski definition) is 0. The number of hydrogen-bond acceptors (Lipinski definition) is 4. The standard InChI is InChI=1S/C32H30ClNO3/c1-20-5-7-22(8-6-20)31(36)26-19-34(24-13-15-25(37-4)16-14-24)27-17-32(2,3)18-28(35)30(27)29(26)21-9-11-23(33)12-10-21/h5-16,19,29H,17-18H2,1-4H3. The highest BCUT2D eigenvalue weighted by atomic mass is 35.5. The van der Waals surface area contributed by atoms with Gasteiger partial charge in [-0.2, -0.15) is 0 Å². The van der Waals surface area contributed by atoms with Crippen LogP contribution in [0.3, 0.4) is 0 Å². The Labute approximate surface area is 223 Å². The third-order valence-electron chi connectivity index (χ3n) is 7.18. The number of allylic oxidation sites excluding steroid dienone is 3. The highest BCUT2D eigenvalue weighted by Crippen LogP contribution is 2.49. The molecule has 5 rings (SSSR count). The van der Waals surface area contributed by atoms with Crippen molar-refractivity contribution >= 4 is 28.9 Å². The van der Waals surface area contributed by atoms with Gasteiger partial charge in [-0.25, -0.2) is 0 Å². The van der Waals surface area contributed by atoms with E-state index >= 15 is 0 Å². The van der Waals surface area contributed by atoms with Crippen molar-refractivity contribution in [3.05, 3.63) is 118 Å². The summed E-state index contributed by atoms with van der Waals surface area (Å²) in [6, 6.07) is 22.8. The summed E-state index contributed by atoms with van der Waals surface area (Å²) in [6.07, 6.45) is 3.07. The SMILES string of the molecule is COc1ccc(N2C=C(C(=O)c3ccc(C)cc3)C(c3ccc(Cl)cc3)C3=C2CC(C)(C)CC3=O)cc1. The molecule has 0 radical (unpaired) electrons. The average molecular weight is 512 g/mol. The molecule has 37 heavy (non-hydrogen) atoms. The van der Waals surface area contributed by atoms with Gasteiger partial charge in [0, 0.05) is 51.7 Å². The van der Waals surface area contributed by atoms with E-state index in [2.05, 4.69) is 13.8 Å². The topological polar surface area (TPSA) is 46.6 Å². The second-order valence-electron chi connectivity index (χ2n) is 10.6. The lowest BCUT2D eigenvalue weighted by molar-refractivity contribution is -0.118. The molecular formula is C32H30ClNO3. The van der Waals surface area contributed by atoms with Crippen LogP contribution in [0, 0.1) is 12.3 Å². The van der Waals surface area contributed by atoms with Gasteiger partial charge in [0.05, 0.1) is 7.11 Å². The molecule has 0 amide bonds. The Morgan fingerprint density at radius 1 is 0.946 bits per heavy atom. The zero-order valence-corrected chi connectivity index (χ0v) is 22.3. The fourth-order valence-corrected chi connectivity index (χ4v) is 5.45. The van der Waals surface area contributed by atoms with Gasteiger partial charge in [0.25, 0.3) is 0 Å². The number of ketones is 2. The summed E-state index contributed by atoms with van der Waals surface area (Å²) in [5.41, 5.74) is 5.43. The molecule has 0 bridgehead atoms. The third kappa shape index (κ3) is 4.86. The van der Waals surface area contributed by atoms with Crippen LogP contribution in [0.4, 0.5) is 5.69 Å². The molecule has 3 aromatic rings. The summed E-state index contributed by atoms with van der Waals surface area (Å²) in [6.45, 7) is 6.24. The van der Waals surface area contributed by atoms with Gasteiger partial charge in [-0.15, -0.1) is 0 Å². The molecular weight excluding hydrogens is 482 g/mol.